The van der Waals surface area contributed by atoms with Gasteiger partial charge in [0, 0.05) is 24.4 Å². The van der Waals surface area contributed by atoms with E-state index in [2.05, 4.69) is 11.4 Å². The molecule has 0 aromatic heterocycles. The van der Waals surface area contributed by atoms with Crippen LogP contribution in [0, 0.1) is 23.1 Å². The highest BCUT2D eigenvalue weighted by Crippen LogP contribution is 2.22. The van der Waals surface area contributed by atoms with E-state index < -0.39 is 0 Å². The normalized spacial score (nSPS) is 12.1. The number of aryl methyl sites for hydroxylation is 1. The first-order chi connectivity index (χ1) is 19.4. The van der Waals surface area contributed by atoms with Crippen LogP contribution in [0.25, 0.3) is 11.1 Å². The summed E-state index contributed by atoms with van der Waals surface area (Å²) < 4.78 is 18.8. The van der Waals surface area contributed by atoms with Crippen molar-refractivity contribution >= 4 is 11.9 Å². The van der Waals surface area contributed by atoms with E-state index >= 15 is 0 Å². The SMILES string of the molecule is CC(=O)OCC(Cc1cccc(C#N)c1)C(CCc1ccccc1)NC(=O)c1ccc(-c2ccc(F)cc2)cc1. The van der Waals surface area contributed by atoms with Crippen LogP contribution in [0.3, 0.4) is 0 Å². The van der Waals surface area contributed by atoms with E-state index in [0.717, 1.165) is 28.7 Å². The third-order valence-corrected chi connectivity index (χ3v) is 6.85. The molecular weight excluding hydrogens is 503 g/mol. The molecule has 0 saturated carbocycles. The lowest BCUT2D eigenvalue weighted by Gasteiger charge is -2.28. The number of hydrogen-bond acceptors (Lipinski definition) is 4. The molecule has 2 atom stereocenters. The minimum atomic E-state index is -0.389. The van der Waals surface area contributed by atoms with Crippen molar-refractivity contribution in [3.8, 4) is 17.2 Å². The molecular formula is C34H31FN2O3. The number of nitrogens with zero attached hydrogens (tertiary/aromatic N) is 1. The summed E-state index contributed by atoms with van der Waals surface area (Å²) in [7, 11) is 0. The Morgan fingerprint density at radius 3 is 2.17 bits per heavy atom. The highest BCUT2D eigenvalue weighted by atomic mass is 19.1. The highest BCUT2D eigenvalue weighted by molar-refractivity contribution is 5.95. The van der Waals surface area contributed by atoms with Gasteiger partial charge in [-0.1, -0.05) is 66.7 Å². The smallest absolute Gasteiger partial charge is 0.302 e. The van der Waals surface area contributed by atoms with Crippen molar-refractivity contribution in [3.63, 3.8) is 0 Å². The molecule has 1 N–H and O–H groups in total. The Bertz CT molecular complexity index is 1460. The van der Waals surface area contributed by atoms with Crippen molar-refractivity contribution in [2.75, 3.05) is 6.61 Å². The van der Waals surface area contributed by atoms with Crippen LogP contribution in [0.15, 0.2) is 103 Å². The lowest BCUT2D eigenvalue weighted by atomic mass is 9.88. The average Bonchev–Trinajstić information content (AvgIpc) is 2.98. The number of amides is 1. The van der Waals surface area contributed by atoms with Crippen LogP contribution in [0.4, 0.5) is 4.39 Å². The van der Waals surface area contributed by atoms with Crippen LogP contribution in [-0.2, 0) is 22.4 Å². The number of nitrogens with one attached hydrogen (secondary N) is 1. The van der Waals surface area contributed by atoms with Crippen LogP contribution in [-0.4, -0.2) is 24.5 Å². The summed E-state index contributed by atoms with van der Waals surface area (Å²) in [6, 6.07) is 32.6. The molecule has 0 aliphatic rings. The predicted octanol–water partition coefficient (Wildman–Crippen LogP) is 6.52. The molecule has 0 bridgehead atoms. The van der Waals surface area contributed by atoms with Crippen molar-refractivity contribution in [1.29, 1.82) is 5.26 Å². The Morgan fingerprint density at radius 1 is 0.875 bits per heavy atom. The fourth-order valence-electron chi connectivity index (χ4n) is 4.71. The van der Waals surface area contributed by atoms with Gasteiger partial charge in [0.15, 0.2) is 0 Å². The third kappa shape index (κ3) is 8.12. The number of benzene rings is 4. The van der Waals surface area contributed by atoms with Crippen molar-refractivity contribution in [2.24, 2.45) is 5.92 Å². The molecule has 5 nitrogen and oxygen atoms in total. The zero-order valence-corrected chi connectivity index (χ0v) is 22.3. The number of carbonyl (C=O) groups excluding carboxylic acids is 2. The molecule has 0 spiro atoms. The number of carbonyl (C=O) groups is 2. The molecule has 4 aromatic rings. The number of hydrogen-bond donors (Lipinski definition) is 1. The standard InChI is InChI=1S/C34H31FN2O3/c1-24(38)40-23-31(21-26-8-5-9-27(20-26)22-36)33(19-10-25-6-3-2-4-7-25)37-34(39)30-13-11-28(12-14-30)29-15-17-32(35)18-16-29/h2-9,11-18,20,31,33H,10,19,21,23H2,1H3,(H,37,39). The van der Waals surface area contributed by atoms with Crippen LogP contribution in [0.5, 0.6) is 0 Å². The summed E-state index contributed by atoms with van der Waals surface area (Å²) in [5.74, 6) is -1.14. The summed E-state index contributed by atoms with van der Waals surface area (Å²) in [6.45, 7) is 1.50. The van der Waals surface area contributed by atoms with Gasteiger partial charge in [-0.05, 0) is 77.9 Å². The molecule has 202 valence electrons. The average molecular weight is 535 g/mol. The first kappa shape index (κ1) is 28.3. The largest absolute Gasteiger partial charge is 0.465 e. The topological polar surface area (TPSA) is 79.2 Å². The lowest BCUT2D eigenvalue weighted by Crippen LogP contribution is -2.43. The zero-order valence-electron chi connectivity index (χ0n) is 22.3. The number of halogens is 1. The van der Waals surface area contributed by atoms with E-state index in [1.807, 2.05) is 60.7 Å². The van der Waals surface area contributed by atoms with Gasteiger partial charge < -0.3 is 10.1 Å². The van der Waals surface area contributed by atoms with E-state index in [1.54, 1.807) is 30.3 Å². The molecule has 0 heterocycles. The van der Waals surface area contributed by atoms with Gasteiger partial charge in [0.25, 0.3) is 5.91 Å². The summed E-state index contributed by atoms with van der Waals surface area (Å²) >= 11 is 0. The van der Waals surface area contributed by atoms with Gasteiger partial charge in [-0.25, -0.2) is 4.39 Å². The highest BCUT2D eigenvalue weighted by Gasteiger charge is 2.26. The molecule has 4 aromatic carbocycles. The first-order valence-electron chi connectivity index (χ1n) is 13.2. The molecule has 2 unspecified atom stereocenters. The molecule has 0 saturated heterocycles. The van der Waals surface area contributed by atoms with Crippen molar-refractivity contribution in [2.45, 2.75) is 32.2 Å². The molecule has 0 aliphatic heterocycles. The van der Waals surface area contributed by atoms with Gasteiger partial charge in [-0.3, -0.25) is 9.59 Å². The fourth-order valence-corrected chi connectivity index (χ4v) is 4.71. The summed E-state index contributed by atoms with van der Waals surface area (Å²) in [5, 5.41) is 12.5. The number of nitriles is 1. The van der Waals surface area contributed by atoms with E-state index in [1.165, 1.54) is 19.1 Å². The van der Waals surface area contributed by atoms with Crippen LogP contribution in [0.2, 0.25) is 0 Å². The molecule has 0 radical (unpaired) electrons. The molecule has 6 heteroatoms. The Kier molecular flexibility index (Phi) is 9.79. The number of esters is 1. The molecule has 0 fully saturated rings. The summed E-state index contributed by atoms with van der Waals surface area (Å²) in [4.78, 5) is 25.2. The quantitative estimate of drug-likeness (QED) is 0.222. The van der Waals surface area contributed by atoms with Crippen molar-refractivity contribution < 1.29 is 18.7 Å². The van der Waals surface area contributed by atoms with Gasteiger partial charge in [0.1, 0.15) is 5.82 Å². The summed E-state index contributed by atoms with van der Waals surface area (Å²) in [5.41, 5.74) is 4.85. The second-order valence-corrected chi connectivity index (χ2v) is 9.77. The van der Waals surface area contributed by atoms with Gasteiger partial charge in [0.2, 0.25) is 0 Å². The zero-order chi connectivity index (χ0) is 28.3. The van der Waals surface area contributed by atoms with Gasteiger partial charge in [0.05, 0.1) is 18.2 Å². The molecule has 4 rings (SSSR count). The minimum absolute atomic E-state index is 0.134. The minimum Gasteiger partial charge on any atom is -0.465 e. The van der Waals surface area contributed by atoms with E-state index in [9.17, 15) is 19.2 Å². The van der Waals surface area contributed by atoms with E-state index in [0.29, 0.717) is 24.0 Å². The second kappa shape index (κ2) is 13.9. The van der Waals surface area contributed by atoms with Gasteiger partial charge >= 0.3 is 5.97 Å². The van der Waals surface area contributed by atoms with Gasteiger partial charge in [-0.2, -0.15) is 5.26 Å². The fraction of sp³-hybridized carbons (Fsp3) is 0.206. The van der Waals surface area contributed by atoms with Crippen LogP contribution >= 0.6 is 0 Å². The molecule has 40 heavy (non-hydrogen) atoms. The lowest BCUT2D eigenvalue weighted by molar-refractivity contribution is -0.142. The molecule has 0 aliphatic carbocycles. The van der Waals surface area contributed by atoms with Gasteiger partial charge in [-0.15, -0.1) is 0 Å². The Labute approximate surface area is 234 Å². The third-order valence-electron chi connectivity index (χ3n) is 6.85. The van der Waals surface area contributed by atoms with E-state index in [-0.39, 0.29) is 36.3 Å². The Balaban J connectivity index is 1.57. The Morgan fingerprint density at radius 2 is 1.52 bits per heavy atom. The first-order valence-corrected chi connectivity index (χ1v) is 13.2. The summed E-state index contributed by atoms with van der Waals surface area (Å²) in [6.07, 6.45) is 1.88. The monoisotopic (exact) mass is 534 g/mol. The maximum Gasteiger partial charge on any atom is 0.302 e. The Hall–Kier alpha value is -4.76. The van der Waals surface area contributed by atoms with Crippen LogP contribution < -0.4 is 5.32 Å². The predicted molar refractivity (Wildman–Crippen MR) is 153 cm³/mol. The number of ether oxygens (including phenoxy) is 1. The second-order valence-electron chi connectivity index (χ2n) is 9.77. The maximum atomic E-state index is 13.4. The van der Waals surface area contributed by atoms with Crippen LogP contribution in [0.1, 0.15) is 40.4 Å². The van der Waals surface area contributed by atoms with E-state index in [4.69, 9.17) is 4.74 Å². The maximum absolute atomic E-state index is 13.4. The number of rotatable bonds is 11. The van der Waals surface area contributed by atoms with Crippen molar-refractivity contribution in [1.82, 2.24) is 5.32 Å². The van der Waals surface area contributed by atoms with Crippen molar-refractivity contribution in [3.05, 3.63) is 131 Å². The molecule has 1 amide bonds.